The lowest BCUT2D eigenvalue weighted by Crippen LogP contribution is -2.19. The van der Waals surface area contributed by atoms with Crippen molar-refractivity contribution >= 4 is 40.3 Å². The largest absolute Gasteiger partial charge is 0.494 e. The number of amidine groups is 1. The first-order chi connectivity index (χ1) is 15.0. The van der Waals surface area contributed by atoms with Crippen LogP contribution in [-0.4, -0.2) is 36.3 Å². The Morgan fingerprint density at radius 2 is 1.84 bits per heavy atom. The van der Waals surface area contributed by atoms with Gasteiger partial charge in [0.25, 0.3) is 5.91 Å². The molecule has 1 N–H and O–H groups in total. The molecule has 1 fully saturated rings. The second kappa shape index (κ2) is 9.14. The van der Waals surface area contributed by atoms with E-state index in [9.17, 15) is 4.79 Å². The fraction of sp³-hybridized carbons (Fsp3) is 0.167. The minimum Gasteiger partial charge on any atom is -0.494 e. The topological polar surface area (TPSA) is 58.9 Å². The molecule has 6 nitrogen and oxygen atoms in total. The summed E-state index contributed by atoms with van der Waals surface area (Å²) in [7, 11) is 4.03. The predicted molar refractivity (Wildman–Crippen MR) is 129 cm³/mol. The van der Waals surface area contributed by atoms with Gasteiger partial charge in [-0.25, -0.2) is 4.99 Å². The van der Waals surface area contributed by atoms with Gasteiger partial charge in [-0.1, -0.05) is 0 Å². The Bertz CT molecular complexity index is 1130. The number of aromatic nitrogens is 1. The maximum atomic E-state index is 12.5. The lowest BCUT2D eigenvalue weighted by molar-refractivity contribution is -0.115. The van der Waals surface area contributed by atoms with Crippen LogP contribution in [0.4, 0.5) is 11.4 Å². The maximum Gasteiger partial charge on any atom is 0.264 e. The molecular weight excluding hydrogens is 408 g/mol. The van der Waals surface area contributed by atoms with Crippen molar-refractivity contribution in [3.63, 3.8) is 0 Å². The van der Waals surface area contributed by atoms with E-state index in [1.807, 2.05) is 69.7 Å². The van der Waals surface area contributed by atoms with Gasteiger partial charge in [0.1, 0.15) is 5.75 Å². The summed E-state index contributed by atoms with van der Waals surface area (Å²) < 4.78 is 7.51. The molecule has 158 valence electrons. The molecule has 0 radical (unpaired) electrons. The first-order valence-electron chi connectivity index (χ1n) is 10.0. The van der Waals surface area contributed by atoms with E-state index in [1.54, 1.807) is 0 Å². The van der Waals surface area contributed by atoms with Crippen LogP contribution in [0, 0.1) is 0 Å². The van der Waals surface area contributed by atoms with Gasteiger partial charge in [-0.2, -0.15) is 0 Å². The highest BCUT2D eigenvalue weighted by Gasteiger charge is 2.24. The van der Waals surface area contributed by atoms with Gasteiger partial charge in [0.05, 0.1) is 17.2 Å². The van der Waals surface area contributed by atoms with Crippen LogP contribution in [0.5, 0.6) is 5.75 Å². The molecule has 0 bridgehead atoms. The minimum atomic E-state index is -0.148. The number of hydrogen-bond acceptors (Lipinski definition) is 5. The smallest absolute Gasteiger partial charge is 0.264 e. The molecule has 0 saturated carbocycles. The number of nitrogens with one attached hydrogen (secondary N) is 1. The molecule has 0 atom stereocenters. The molecule has 4 rings (SSSR count). The van der Waals surface area contributed by atoms with Gasteiger partial charge in [0.2, 0.25) is 0 Å². The SMILES string of the molecule is CCOc1ccc(N=C2NC(=O)/C(=C\c3cccn3-c3ccc(N(C)C)cc3)S2)cc1. The molecule has 0 aliphatic carbocycles. The monoisotopic (exact) mass is 432 g/mol. The van der Waals surface area contributed by atoms with Crippen molar-refractivity contribution in [3.8, 4) is 11.4 Å². The molecule has 1 aromatic heterocycles. The summed E-state index contributed by atoms with van der Waals surface area (Å²) in [6.45, 7) is 2.57. The summed E-state index contributed by atoms with van der Waals surface area (Å²) in [5, 5.41) is 3.41. The third kappa shape index (κ3) is 4.83. The van der Waals surface area contributed by atoms with Gasteiger partial charge in [-0.3, -0.25) is 4.79 Å². The highest BCUT2D eigenvalue weighted by Crippen LogP contribution is 2.29. The highest BCUT2D eigenvalue weighted by atomic mass is 32.2. The van der Waals surface area contributed by atoms with Gasteiger partial charge in [-0.15, -0.1) is 0 Å². The molecule has 7 heteroatoms. The quantitative estimate of drug-likeness (QED) is 0.567. The normalized spacial score (nSPS) is 16.0. The number of rotatable bonds is 6. The van der Waals surface area contributed by atoms with E-state index in [2.05, 4.69) is 44.0 Å². The predicted octanol–water partition coefficient (Wildman–Crippen LogP) is 4.83. The molecule has 31 heavy (non-hydrogen) atoms. The Labute approximate surface area is 186 Å². The van der Waals surface area contributed by atoms with Crippen molar-refractivity contribution in [2.24, 2.45) is 4.99 Å². The molecule has 0 spiro atoms. The molecule has 1 amide bonds. The number of thioether (sulfide) groups is 1. The molecule has 2 heterocycles. The third-order valence-corrected chi connectivity index (χ3v) is 5.64. The van der Waals surface area contributed by atoms with Crippen LogP contribution in [0.3, 0.4) is 0 Å². The Morgan fingerprint density at radius 1 is 1.10 bits per heavy atom. The number of amides is 1. The van der Waals surface area contributed by atoms with Gasteiger partial charge in [0, 0.05) is 37.4 Å². The van der Waals surface area contributed by atoms with Crippen molar-refractivity contribution in [2.75, 3.05) is 25.6 Å². The summed E-state index contributed by atoms with van der Waals surface area (Å²) in [6, 6.07) is 19.7. The van der Waals surface area contributed by atoms with Crippen LogP contribution in [0.15, 0.2) is 76.8 Å². The van der Waals surface area contributed by atoms with Gasteiger partial charge in [-0.05, 0) is 85.4 Å². The van der Waals surface area contributed by atoms with E-state index in [-0.39, 0.29) is 5.91 Å². The van der Waals surface area contributed by atoms with Crippen LogP contribution in [0.1, 0.15) is 12.6 Å². The fourth-order valence-corrected chi connectivity index (χ4v) is 4.00. The van der Waals surface area contributed by atoms with E-state index in [0.29, 0.717) is 16.7 Å². The van der Waals surface area contributed by atoms with Crippen molar-refractivity contribution < 1.29 is 9.53 Å². The number of aliphatic imine (C=N–C) groups is 1. The summed E-state index contributed by atoms with van der Waals surface area (Å²) in [5.41, 5.74) is 3.86. The second-order valence-electron chi connectivity index (χ2n) is 7.12. The lowest BCUT2D eigenvalue weighted by Gasteiger charge is -2.13. The Hall–Kier alpha value is -3.45. The lowest BCUT2D eigenvalue weighted by atomic mass is 10.2. The van der Waals surface area contributed by atoms with Crippen LogP contribution >= 0.6 is 11.8 Å². The minimum absolute atomic E-state index is 0.148. The zero-order valence-electron chi connectivity index (χ0n) is 17.7. The first kappa shape index (κ1) is 20.8. The molecule has 3 aromatic rings. The summed E-state index contributed by atoms with van der Waals surface area (Å²) >= 11 is 1.34. The number of carbonyl (C=O) groups excluding carboxylic acids is 1. The van der Waals surface area contributed by atoms with Crippen LogP contribution < -0.4 is 15.0 Å². The number of carbonyl (C=O) groups is 1. The average molecular weight is 433 g/mol. The summed E-state index contributed by atoms with van der Waals surface area (Å²) in [6.07, 6.45) is 3.88. The van der Waals surface area contributed by atoms with Gasteiger partial charge in [0.15, 0.2) is 5.17 Å². The standard InChI is InChI=1S/C24H24N4O2S/c1-4-30-21-13-7-17(8-14-21)25-24-26-23(29)22(31-24)16-20-6-5-15-28(20)19-11-9-18(10-12-19)27(2)3/h5-16H,4H2,1-3H3,(H,25,26,29)/b22-16+. The van der Waals surface area contributed by atoms with Gasteiger partial charge >= 0.3 is 0 Å². The molecule has 1 saturated heterocycles. The van der Waals surface area contributed by atoms with Crippen LogP contribution in [0.25, 0.3) is 11.8 Å². The number of hydrogen-bond donors (Lipinski definition) is 1. The van der Waals surface area contributed by atoms with Crippen molar-refractivity contribution in [1.82, 2.24) is 9.88 Å². The Kier molecular flexibility index (Phi) is 6.13. The van der Waals surface area contributed by atoms with Gasteiger partial charge < -0.3 is 19.5 Å². The molecule has 0 unspecified atom stereocenters. The number of ether oxygens (including phenoxy) is 1. The van der Waals surface area contributed by atoms with Crippen molar-refractivity contribution in [2.45, 2.75) is 6.92 Å². The van der Waals surface area contributed by atoms with Crippen molar-refractivity contribution in [3.05, 3.63) is 77.5 Å². The molecule has 2 aromatic carbocycles. The molecule has 1 aliphatic heterocycles. The van der Waals surface area contributed by atoms with E-state index in [4.69, 9.17) is 4.74 Å². The second-order valence-corrected chi connectivity index (χ2v) is 8.15. The maximum absolute atomic E-state index is 12.5. The molecular formula is C24H24N4O2S. The van der Waals surface area contributed by atoms with E-state index < -0.39 is 0 Å². The fourth-order valence-electron chi connectivity index (χ4n) is 3.17. The Morgan fingerprint density at radius 3 is 2.52 bits per heavy atom. The summed E-state index contributed by atoms with van der Waals surface area (Å²) in [5.74, 6) is 0.653. The van der Waals surface area contributed by atoms with E-state index >= 15 is 0 Å². The van der Waals surface area contributed by atoms with E-state index in [0.717, 1.165) is 28.5 Å². The number of anilines is 1. The van der Waals surface area contributed by atoms with E-state index in [1.165, 1.54) is 11.8 Å². The van der Waals surface area contributed by atoms with Crippen LogP contribution in [0.2, 0.25) is 0 Å². The summed E-state index contributed by atoms with van der Waals surface area (Å²) in [4.78, 5) is 19.7. The Balaban J connectivity index is 1.54. The first-order valence-corrected chi connectivity index (χ1v) is 10.8. The van der Waals surface area contributed by atoms with Crippen LogP contribution in [-0.2, 0) is 4.79 Å². The van der Waals surface area contributed by atoms with Crippen molar-refractivity contribution in [1.29, 1.82) is 0 Å². The third-order valence-electron chi connectivity index (χ3n) is 4.73. The molecule has 1 aliphatic rings. The zero-order valence-corrected chi connectivity index (χ0v) is 18.5. The number of nitrogens with zero attached hydrogens (tertiary/aromatic N) is 3. The highest BCUT2D eigenvalue weighted by molar-refractivity contribution is 8.18. The zero-order chi connectivity index (χ0) is 21.8. The average Bonchev–Trinajstić information content (AvgIpc) is 3.36. The number of benzene rings is 2.